The fraction of sp³-hybridized carbons (Fsp3) is 0.412. The monoisotopic (exact) mass is 376 g/mol. The zero-order valence-electron chi connectivity index (χ0n) is 14.1. The van der Waals surface area contributed by atoms with Crippen LogP contribution < -0.4 is 10.1 Å². The molecule has 26 heavy (non-hydrogen) atoms. The maximum atomic E-state index is 12.8. The van der Waals surface area contributed by atoms with Crippen molar-refractivity contribution in [2.24, 2.45) is 0 Å². The molecule has 4 rings (SSSR count). The van der Waals surface area contributed by atoms with Gasteiger partial charge in [0.25, 0.3) is 5.91 Å². The Morgan fingerprint density at radius 1 is 1.27 bits per heavy atom. The van der Waals surface area contributed by atoms with Crippen molar-refractivity contribution in [3.8, 4) is 5.75 Å². The number of hydrogen-bond acceptors (Lipinski definition) is 6. The summed E-state index contributed by atoms with van der Waals surface area (Å²) in [6.45, 7) is 1.32. The molecule has 1 amide bonds. The van der Waals surface area contributed by atoms with Crippen LogP contribution in [-0.4, -0.2) is 66.1 Å². The average molecular weight is 376 g/mol. The first kappa shape index (κ1) is 17.0. The highest BCUT2D eigenvalue weighted by Crippen LogP contribution is 2.23. The molecule has 1 aromatic heterocycles. The van der Waals surface area contributed by atoms with E-state index < -0.39 is 9.84 Å². The summed E-state index contributed by atoms with van der Waals surface area (Å²) >= 11 is 0. The molecule has 2 atom stereocenters. The van der Waals surface area contributed by atoms with E-state index in [9.17, 15) is 13.2 Å². The molecule has 8 nitrogen and oxygen atoms in total. The fourth-order valence-electron chi connectivity index (χ4n) is 3.49. The molecule has 9 heteroatoms. The average Bonchev–Trinajstić information content (AvgIpc) is 3.22. The second-order valence-electron chi connectivity index (χ2n) is 6.58. The quantitative estimate of drug-likeness (QED) is 0.790. The number of fused-ring (bicyclic) bond motifs is 1. The van der Waals surface area contributed by atoms with Crippen LogP contribution in [-0.2, 0) is 16.4 Å². The zero-order valence-corrected chi connectivity index (χ0v) is 14.9. The number of piperazine rings is 1. The van der Waals surface area contributed by atoms with Crippen LogP contribution in [0.4, 0.5) is 0 Å². The molecule has 3 heterocycles. The predicted molar refractivity (Wildman–Crippen MR) is 94.6 cm³/mol. The number of rotatable bonds is 4. The topological polar surface area (TPSA) is 104 Å². The molecule has 2 aromatic rings. The van der Waals surface area contributed by atoms with Crippen LogP contribution in [0.1, 0.15) is 16.2 Å². The van der Waals surface area contributed by atoms with Gasteiger partial charge in [-0.15, -0.1) is 0 Å². The number of hydrogen-bond donors (Lipinski definition) is 2. The second kappa shape index (κ2) is 6.73. The summed E-state index contributed by atoms with van der Waals surface area (Å²) in [7, 11) is -3.12. The van der Waals surface area contributed by atoms with Crippen molar-refractivity contribution < 1.29 is 17.9 Å². The van der Waals surface area contributed by atoms with E-state index in [-0.39, 0.29) is 41.8 Å². The molecule has 0 spiro atoms. The number of carbonyl (C=O) groups is 1. The lowest BCUT2D eigenvalue weighted by atomic mass is 10.1. The van der Waals surface area contributed by atoms with E-state index in [0.717, 1.165) is 5.75 Å². The van der Waals surface area contributed by atoms with E-state index >= 15 is 0 Å². The minimum absolute atomic E-state index is 0.00477. The van der Waals surface area contributed by atoms with Gasteiger partial charge in [-0.2, -0.15) is 5.10 Å². The number of aromatic amines is 1. The van der Waals surface area contributed by atoms with Crippen LogP contribution in [0.2, 0.25) is 0 Å². The number of sulfone groups is 1. The molecule has 1 aromatic carbocycles. The second-order valence-corrected chi connectivity index (χ2v) is 8.74. The molecule has 2 N–H and O–H groups in total. The number of nitrogens with one attached hydrogen (secondary N) is 2. The van der Waals surface area contributed by atoms with Gasteiger partial charge >= 0.3 is 0 Å². The number of nitrogens with zero attached hydrogens (tertiary/aromatic N) is 2. The number of para-hydroxylation sites is 1. The third kappa shape index (κ3) is 3.45. The van der Waals surface area contributed by atoms with Gasteiger partial charge in [-0.25, -0.2) is 8.42 Å². The molecular weight excluding hydrogens is 356 g/mol. The Bertz CT molecular complexity index is 896. The van der Waals surface area contributed by atoms with Crippen LogP contribution in [0.15, 0.2) is 36.4 Å². The Morgan fingerprint density at radius 2 is 2.08 bits per heavy atom. The smallest absolute Gasteiger partial charge is 0.274 e. The molecule has 2 fully saturated rings. The van der Waals surface area contributed by atoms with Gasteiger partial charge in [0.2, 0.25) is 0 Å². The summed E-state index contributed by atoms with van der Waals surface area (Å²) in [4.78, 5) is 14.4. The normalized spacial score (nSPS) is 24.2. The molecule has 0 unspecified atom stereocenters. The van der Waals surface area contributed by atoms with Crippen molar-refractivity contribution in [1.82, 2.24) is 20.4 Å². The molecule has 2 saturated heterocycles. The molecule has 2 aliphatic heterocycles. The number of amides is 1. The third-order valence-corrected chi connectivity index (χ3v) is 6.45. The lowest BCUT2D eigenvalue weighted by Crippen LogP contribution is -2.59. The lowest BCUT2D eigenvalue weighted by molar-refractivity contribution is 0.0615. The maximum absolute atomic E-state index is 12.8. The summed E-state index contributed by atoms with van der Waals surface area (Å²) in [5, 5.41) is 10.1. The highest BCUT2D eigenvalue weighted by atomic mass is 32.2. The van der Waals surface area contributed by atoms with Gasteiger partial charge in [-0.3, -0.25) is 9.89 Å². The van der Waals surface area contributed by atoms with Crippen molar-refractivity contribution in [3.05, 3.63) is 47.8 Å². The van der Waals surface area contributed by atoms with Gasteiger partial charge in [0.1, 0.15) is 12.4 Å². The van der Waals surface area contributed by atoms with E-state index in [1.807, 2.05) is 30.3 Å². The Labute approximate surface area is 151 Å². The standard InChI is InChI=1S/C17H20N4O4S/c22-17(21-7-6-18-15-10-26(23,24)11-16(15)21)14-8-12(19-20-14)9-25-13-4-2-1-3-5-13/h1-5,8,15-16,18H,6-7,9-11H2,(H,19,20)/t15-,16+/m0/s1. The summed E-state index contributed by atoms with van der Waals surface area (Å²) in [6, 6.07) is 10.5. The van der Waals surface area contributed by atoms with E-state index in [2.05, 4.69) is 15.5 Å². The van der Waals surface area contributed by atoms with Crippen molar-refractivity contribution >= 4 is 15.7 Å². The molecule has 2 aliphatic rings. The molecule has 0 aliphatic carbocycles. The first-order valence-electron chi connectivity index (χ1n) is 8.49. The number of ether oxygens (including phenoxy) is 1. The van der Waals surface area contributed by atoms with E-state index in [0.29, 0.717) is 18.8 Å². The highest BCUT2D eigenvalue weighted by Gasteiger charge is 2.44. The molecular formula is C17H20N4O4S. The van der Waals surface area contributed by atoms with E-state index in [4.69, 9.17) is 4.74 Å². The highest BCUT2D eigenvalue weighted by molar-refractivity contribution is 7.91. The van der Waals surface area contributed by atoms with Gasteiger partial charge in [-0.1, -0.05) is 18.2 Å². The van der Waals surface area contributed by atoms with Crippen LogP contribution in [0.5, 0.6) is 5.75 Å². The van der Waals surface area contributed by atoms with Gasteiger partial charge in [0.15, 0.2) is 15.5 Å². The first-order chi connectivity index (χ1) is 12.5. The first-order valence-corrected chi connectivity index (χ1v) is 10.3. The molecule has 0 bridgehead atoms. The maximum Gasteiger partial charge on any atom is 0.274 e. The van der Waals surface area contributed by atoms with Gasteiger partial charge < -0.3 is 15.0 Å². The summed E-state index contributed by atoms with van der Waals surface area (Å²) in [5.74, 6) is 0.570. The Hall–Kier alpha value is -2.39. The Morgan fingerprint density at radius 3 is 2.88 bits per heavy atom. The van der Waals surface area contributed by atoms with Crippen molar-refractivity contribution in [1.29, 1.82) is 0 Å². The van der Waals surface area contributed by atoms with Crippen molar-refractivity contribution in [2.45, 2.75) is 18.7 Å². The minimum atomic E-state index is -3.12. The lowest BCUT2D eigenvalue weighted by Gasteiger charge is -2.36. The largest absolute Gasteiger partial charge is 0.487 e. The molecule has 0 radical (unpaired) electrons. The van der Waals surface area contributed by atoms with Crippen molar-refractivity contribution in [3.63, 3.8) is 0 Å². The van der Waals surface area contributed by atoms with Crippen LogP contribution >= 0.6 is 0 Å². The SMILES string of the molecule is O=C(c1cc(COc2ccccc2)[nH]n1)N1CCN[C@H]2CS(=O)(=O)C[C@H]21. The van der Waals surface area contributed by atoms with Gasteiger partial charge in [0, 0.05) is 19.1 Å². The number of H-pyrrole nitrogens is 1. The summed E-state index contributed by atoms with van der Waals surface area (Å²) < 4.78 is 29.5. The van der Waals surface area contributed by atoms with Gasteiger partial charge in [-0.05, 0) is 18.2 Å². The van der Waals surface area contributed by atoms with Gasteiger partial charge in [0.05, 0.1) is 23.2 Å². The van der Waals surface area contributed by atoms with Crippen LogP contribution in [0.25, 0.3) is 0 Å². The number of aromatic nitrogens is 2. The molecule has 0 saturated carbocycles. The Kier molecular flexibility index (Phi) is 4.41. The van der Waals surface area contributed by atoms with E-state index in [1.165, 1.54) is 0 Å². The van der Waals surface area contributed by atoms with Crippen molar-refractivity contribution in [2.75, 3.05) is 24.6 Å². The zero-order chi connectivity index (χ0) is 18.1. The summed E-state index contributed by atoms with van der Waals surface area (Å²) in [5.41, 5.74) is 0.963. The third-order valence-electron chi connectivity index (χ3n) is 4.73. The summed E-state index contributed by atoms with van der Waals surface area (Å²) in [6.07, 6.45) is 0. The van der Waals surface area contributed by atoms with E-state index in [1.54, 1.807) is 11.0 Å². The minimum Gasteiger partial charge on any atom is -0.487 e. The number of carbonyl (C=O) groups excluding carboxylic acids is 1. The van der Waals surface area contributed by atoms with Crippen LogP contribution in [0, 0.1) is 0 Å². The Balaban J connectivity index is 1.44. The predicted octanol–water partition coefficient (Wildman–Crippen LogP) is 0.200. The molecule has 138 valence electrons. The number of benzene rings is 1. The fourth-order valence-corrected chi connectivity index (χ4v) is 5.45. The van der Waals surface area contributed by atoms with Crippen LogP contribution in [0.3, 0.4) is 0 Å².